The largest absolute Gasteiger partial charge is 0.355 e. The average molecular weight is 269 g/mol. The molecule has 0 unspecified atom stereocenters. The molecular formula is C15H15N3S. The van der Waals surface area contributed by atoms with Crippen molar-refractivity contribution >= 4 is 27.4 Å². The molecule has 3 rings (SSSR count). The van der Waals surface area contributed by atoms with Gasteiger partial charge in [0, 0.05) is 13.6 Å². The van der Waals surface area contributed by atoms with E-state index in [9.17, 15) is 0 Å². The van der Waals surface area contributed by atoms with Crippen LogP contribution in [0.4, 0.5) is 5.82 Å². The molecule has 0 radical (unpaired) electrons. The zero-order valence-corrected chi connectivity index (χ0v) is 11.8. The Balaban J connectivity index is 1.89. The van der Waals surface area contributed by atoms with Crippen molar-refractivity contribution in [1.29, 1.82) is 0 Å². The van der Waals surface area contributed by atoms with Crippen LogP contribution in [0.25, 0.3) is 10.2 Å². The van der Waals surface area contributed by atoms with Crippen molar-refractivity contribution < 1.29 is 0 Å². The molecular weight excluding hydrogens is 254 g/mol. The minimum Gasteiger partial charge on any atom is -0.355 e. The number of hydrogen-bond donors (Lipinski definition) is 0. The first kappa shape index (κ1) is 12.1. The summed E-state index contributed by atoms with van der Waals surface area (Å²) in [6, 6.07) is 10.7. The van der Waals surface area contributed by atoms with Gasteiger partial charge in [0.25, 0.3) is 0 Å². The van der Waals surface area contributed by atoms with Crippen LogP contribution < -0.4 is 4.90 Å². The zero-order chi connectivity index (χ0) is 13.2. The van der Waals surface area contributed by atoms with E-state index < -0.39 is 0 Å². The maximum Gasteiger partial charge on any atom is 0.140 e. The number of benzene rings is 1. The first-order valence-corrected chi connectivity index (χ1v) is 7.07. The molecule has 0 spiro atoms. The highest BCUT2D eigenvalue weighted by atomic mass is 32.1. The Morgan fingerprint density at radius 1 is 1.11 bits per heavy atom. The number of aromatic nitrogens is 2. The Hall–Kier alpha value is -1.94. The van der Waals surface area contributed by atoms with Gasteiger partial charge in [-0.25, -0.2) is 9.97 Å². The van der Waals surface area contributed by atoms with Crippen LogP contribution in [-0.4, -0.2) is 17.0 Å². The molecule has 0 aliphatic rings. The summed E-state index contributed by atoms with van der Waals surface area (Å²) < 4.78 is 0. The van der Waals surface area contributed by atoms with Crippen LogP contribution in [-0.2, 0) is 6.54 Å². The van der Waals surface area contributed by atoms with Gasteiger partial charge in [-0.05, 0) is 23.9 Å². The van der Waals surface area contributed by atoms with E-state index in [0.717, 1.165) is 22.6 Å². The van der Waals surface area contributed by atoms with Gasteiger partial charge in [0.1, 0.15) is 17.0 Å². The molecule has 0 fully saturated rings. The number of rotatable bonds is 3. The van der Waals surface area contributed by atoms with Crippen LogP contribution in [0.5, 0.6) is 0 Å². The Bertz CT molecular complexity index is 688. The second-order valence-corrected chi connectivity index (χ2v) is 5.57. The molecule has 0 N–H and O–H groups in total. The SMILES string of the molecule is Cc1ccc(CN(C)c2ncnc3sccc23)cc1. The van der Waals surface area contributed by atoms with Crippen LogP contribution in [0.1, 0.15) is 11.1 Å². The maximum atomic E-state index is 4.41. The minimum atomic E-state index is 0.849. The molecule has 0 saturated heterocycles. The quantitative estimate of drug-likeness (QED) is 0.727. The van der Waals surface area contributed by atoms with E-state index in [1.807, 2.05) is 0 Å². The zero-order valence-electron chi connectivity index (χ0n) is 11.0. The molecule has 96 valence electrons. The third-order valence-corrected chi connectivity index (χ3v) is 3.96. The van der Waals surface area contributed by atoms with E-state index in [1.165, 1.54) is 11.1 Å². The first-order chi connectivity index (χ1) is 9.24. The monoisotopic (exact) mass is 269 g/mol. The molecule has 0 amide bonds. The summed E-state index contributed by atoms with van der Waals surface area (Å²) in [7, 11) is 2.07. The van der Waals surface area contributed by atoms with Crippen molar-refractivity contribution in [2.75, 3.05) is 11.9 Å². The molecule has 3 nitrogen and oxygen atoms in total. The lowest BCUT2D eigenvalue weighted by atomic mass is 10.1. The van der Waals surface area contributed by atoms with E-state index in [2.05, 4.69) is 64.6 Å². The number of nitrogens with zero attached hydrogens (tertiary/aromatic N) is 3. The normalized spacial score (nSPS) is 10.8. The molecule has 0 aliphatic heterocycles. The lowest BCUT2D eigenvalue weighted by Gasteiger charge is -2.18. The predicted molar refractivity (Wildman–Crippen MR) is 80.7 cm³/mol. The fraction of sp³-hybridized carbons (Fsp3) is 0.200. The van der Waals surface area contributed by atoms with Crippen molar-refractivity contribution in [3.8, 4) is 0 Å². The maximum absolute atomic E-state index is 4.41. The van der Waals surface area contributed by atoms with Gasteiger partial charge in [-0.1, -0.05) is 29.8 Å². The Morgan fingerprint density at radius 3 is 2.68 bits per heavy atom. The summed E-state index contributed by atoms with van der Waals surface area (Å²) in [5.74, 6) is 0.992. The van der Waals surface area contributed by atoms with Gasteiger partial charge in [0.05, 0.1) is 5.39 Å². The molecule has 4 heteroatoms. The lowest BCUT2D eigenvalue weighted by molar-refractivity contribution is 0.900. The average Bonchev–Trinajstić information content (AvgIpc) is 2.89. The second kappa shape index (κ2) is 4.97. The van der Waals surface area contributed by atoms with Gasteiger partial charge in [-0.3, -0.25) is 0 Å². The molecule has 0 aliphatic carbocycles. The van der Waals surface area contributed by atoms with Gasteiger partial charge in [0.2, 0.25) is 0 Å². The summed E-state index contributed by atoms with van der Waals surface area (Å²) in [6.07, 6.45) is 1.64. The van der Waals surface area contributed by atoms with Gasteiger partial charge in [0.15, 0.2) is 0 Å². The number of hydrogen-bond acceptors (Lipinski definition) is 4. The Kier molecular flexibility index (Phi) is 3.17. The van der Waals surface area contributed by atoms with Crippen molar-refractivity contribution in [2.24, 2.45) is 0 Å². The van der Waals surface area contributed by atoms with Gasteiger partial charge >= 0.3 is 0 Å². The Morgan fingerprint density at radius 2 is 1.89 bits per heavy atom. The van der Waals surface area contributed by atoms with E-state index in [1.54, 1.807) is 17.7 Å². The number of fused-ring (bicyclic) bond motifs is 1. The minimum absolute atomic E-state index is 0.849. The highest BCUT2D eigenvalue weighted by Crippen LogP contribution is 2.26. The fourth-order valence-electron chi connectivity index (χ4n) is 2.12. The summed E-state index contributed by atoms with van der Waals surface area (Å²) in [6.45, 7) is 2.95. The summed E-state index contributed by atoms with van der Waals surface area (Å²) in [5.41, 5.74) is 2.57. The van der Waals surface area contributed by atoms with Crippen LogP contribution in [0.15, 0.2) is 42.0 Å². The number of aryl methyl sites for hydroxylation is 1. The van der Waals surface area contributed by atoms with Crippen LogP contribution in [0, 0.1) is 6.92 Å². The second-order valence-electron chi connectivity index (χ2n) is 4.68. The highest BCUT2D eigenvalue weighted by molar-refractivity contribution is 7.16. The van der Waals surface area contributed by atoms with E-state index in [4.69, 9.17) is 0 Å². The molecule has 0 bridgehead atoms. The highest BCUT2D eigenvalue weighted by Gasteiger charge is 2.09. The van der Waals surface area contributed by atoms with Crippen LogP contribution >= 0.6 is 11.3 Å². The smallest absolute Gasteiger partial charge is 0.140 e. The lowest BCUT2D eigenvalue weighted by Crippen LogP contribution is -2.17. The van der Waals surface area contributed by atoms with Crippen molar-refractivity contribution in [3.05, 3.63) is 53.2 Å². The van der Waals surface area contributed by atoms with Gasteiger partial charge in [-0.2, -0.15) is 0 Å². The molecule has 3 aromatic rings. The molecule has 1 aromatic carbocycles. The third kappa shape index (κ3) is 2.44. The molecule has 2 heterocycles. The number of anilines is 1. The summed E-state index contributed by atoms with van der Waals surface area (Å²) >= 11 is 1.65. The molecule has 19 heavy (non-hydrogen) atoms. The van der Waals surface area contributed by atoms with E-state index in [0.29, 0.717) is 0 Å². The first-order valence-electron chi connectivity index (χ1n) is 6.19. The third-order valence-electron chi connectivity index (χ3n) is 3.14. The Labute approximate surface area is 116 Å². The fourth-order valence-corrected chi connectivity index (χ4v) is 2.85. The predicted octanol–water partition coefficient (Wildman–Crippen LogP) is 3.64. The molecule has 0 atom stereocenters. The van der Waals surface area contributed by atoms with Crippen LogP contribution in [0.3, 0.4) is 0 Å². The topological polar surface area (TPSA) is 29.0 Å². The van der Waals surface area contributed by atoms with Crippen LogP contribution in [0.2, 0.25) is 0 Å². The van der Waals surface area contributed by atoms with Crippen molar-refractivity contribution in [2.45, 2.75) is 13.5 Å². The van der Waals surface area contributed by atoms with E-state index >= 15 is 0 Å². The molecule has 2 aromatic heterocycles. The standard InChI is InChI=1S/C15H15N3S/c1-11-3-5-12(6-4-11)9-18(2)14-13-7-8-19-15(13)17-10-16-14/h3-8,10H,9H2,1-2H3. The number of thiophene rings is 1. The summed E-state index contributed by atoms with van der Waals surface area (Å²) in [4.78, 5) is 11.9. The van der Waals surface area contributed by atoms with Crippen molar-refractivity contribution in [3.63, 3.8) is 0 Å². The van der Waals surface area contributed by atoms with E-state index in [-0.39, 0.29) is 0 Å². The van der Waals surface area contributed by atoms with Gasteiger partial charge < -0.3 is 4.90 Å². The van der Waals surface area contributed by atoms with Crippen molar-refractivity contribution in [1.82, 2.24) is 9.97 Å². The van der Waals surface area contributed by atoms with Gasteiger partial charge in [-0.15, -0.1) is 11.3 Å². The summed E-state index contributed by atoms with van der Waals surface area (Å²) in [5, 5.41) is 3.19. The molecule has 0 saturated carbocycles.